The van der Waals surface area contributed by atoms with Crippen molar-refractivity contribution < 1.29 is 0 Å². The Hall–Kier alpha value is -0.970. The highest BCUT2D eigenvalue weighted by atomic mass is 79.9. The average molecular weight is 340 g/mol. The molecule has 0 aliphatic rings. The monoisotopic (exact) mass is 338 g/mol. The van der Waals surface area contributed by atoms with E-state index in [1.165, 1.54) is 5.56 Å². The van der Waals surface area contributed by atoms with Crippen molar-refractivity contribution in [2.24, 2.45) is 0 Å². The molecule has 2 heterocycles. The van der Waals surface area contributed by atoms with Crippen LogP contribution in [0.3, 0.4) is 0 Å². The summed E-state index contributed by atoms with van der Waals surface area (Å²) in [5.74, 6) is 0. The number of hydrogen-bond donors (Lipinski definition) is 0. The summed E-state index contributed by atoms with van der Waals surface area (Å²) in [5, 5.41) is 2.28. The van der Waals surface area contributed by atoms with E-state index >= 15 is 0 Å². The number of hydrogen-bond acceptors (Lipinski definition) is 3. The zero-order valence-corrected chi connectivity index (χ0v) is 12.6. The molecule has 0 amide bonds. The molecule has 3 aromatic rings. The predicted molar refractivity (Wildman–Crippen MR) is 80.3 cm³/mol. The van der Waals surface area contributed by atoms with Gasteiger partial charge in [-0.2, -0.15) is 0 Å². The first-order chi connectivity index (χ1) is 8.65. The minimum absolute atomic E-state index is 0.276. The van der Waals surface area contributed by atoms with Crippen molar-refractivity contribution in [1.82, 2.24) is 9.97 Å². The number of rotatable bonds is 1. The Morgan fingerprint density at radius 2 is 2.11 bits per heavy atom. The van der Waals surface area contributed by atoms with Crippen LogP contribution in [0.5, 0.6) is 0 Å². The third-order valence-corrected chi connectivity index (χ3v) is 4.69. The number of nitrogens with zero attached hydrogens (tertiary/aromatic N) is 2. The lowest BCUT2D eigenvalue weighted by molar-refractivity contribution is 1.23. The van der Waals surface area contributed by atoms with Crippen molar-refractivity contribution in [3.63, 3.8) is 0 Å². The number of fused-ring (bicyclic) bond motifs is 1. The van der Waals surface area contributed by atoms with E-state index in [-0.39, 0.29) is 5.28 Å². The van der Waals surface area contributed by atoms with E-state index in [1.54, 1.807) is 11.3 Å². The molecule has 18 heavy (non-hydrogen) atoms. The van der Waals surface area contributed by atoms with Crippen LogP contribution in [0, 0.1) is 6.92 Å². The molecule has 0 atom stereocenters. The Bertz CT molecular complexity index is 739. The van der Waals surface area contributed by atoms with Crippen LogP contribution in [-0.4, -0.2) is 9.97 Å². The molecule has 0 saturated carbocycles. The average Bonchev–Trinajstić information content (AvgIpc) is 2.70. The van der Waals surface area contributed by atoms with E-state index < -0.39 is 0 Å². The smallest absolute Gasteiger partial charge is 0.216 e. The van der Waals surface area contributed by atoms with Gasteiger partial charge in [0, 0.05) is 10.9 Å². The number of thiophene rings is 1. The maximum atomic E-state index is 6.00. The maximum absolute atomic E-state index is 6.00. The van der Waals surface area contributed by atoms with Crippen LogP contribution in [-0.2, 0) is 0 Å². The third-order valence-electron chi connectivity index (χ3n) is 2.64. The molecule has 0 saturated heterocycles. The fourth-order valence-electron chi connectivity index (χ4n) is 1.85. The summed E-state index contributed by atoms with van der Waals surface area (Å²) in [6.45, 7) is 2.06. The van der Waals surface area contributed by atoms with E-state index in [9.17, 15) is 0 Å². The minimum atomic E-state index is 0.276. The number of aromatic nitrogens is 2. The van der Waals surface area contributed by atoms with Gasteiger partial charge >= 0.3 is 0 Å². The molecular formula is C13H8BrClN2S. The standard InChI is InChI=1S/C13H8BrClN2S/c1-7-3-2-4-8(5-7)10-12-11(9(14)6-18-12)17-13(15)16-10/h2-6H,1H3. The van der Waals surface area contributed by atoms with Gasteiger partial charge in [0.25, 0.3) is 0 Å². The zero-order valence-electron chi connectivity index (χ0n) is 9.45. The predicted octanol–water partition coefficient (Wildman–Crippen LogP) is 5.08. The summed E-state index contributed by atoms with van der Waals surface area (Å²) >= 11 is 11.1. The molecule has 2 aromatic heterocycles. The topological polar surface area (TPSA) is 25.8 Å². The number of halogens is 2. The number of benzene rings is 1. The van der Waals surface area contributed by atoms with E-state index in [4.69, 9.17) is 11.6 Å². The van der Waals surface area contributed by atoms with E-state index in [2.05, 4.69) is 45.0 Å². The molecular weight excluding hydrogens is 332 g/mol. The molecule has 0 bridgehead atoms. The molecule has 5 heteroatoms. The maximum Gasteiger partial charge on any atom is 0.223 e. The lowest BCUT2D eigenvalue weighted by atomic mass is 10.1. The van der Waals surface area contributed by atoms with E-state index in [1.807, 2.05) is 17.5 Å². The van der Waals surface area contributed by atoms with Gasteiger partial charge in [0.05, 0.1) is 14.9 Å². The Morgan fingerprint density at radius 1 is 1.28 bits per heavy atom. The molecule has 0 aliphatic heterocycles. The van der Waals surface area contributed by atoms with Crippen LogP contribution in [0.25, 0.3) is 21.5 Å². The van der Waals surface area contributed by atoms with Gasteiger partial charge in [-0.3, -0.25) is 0 Å². The molecule has 3 rings (SSSR count). The van der Waals surface area contributed by atoms with Gasteiger partial charge in [-0.15, -0.1) is 11.3 Å². The summed E-state index contributed by atoms with van der Waals surface area (Å²) in [6, 6.07) is 8.23. The second kappa shape index (κ2) is 4.61. The summed E-state index contributed by atoms with van der Waals surface area (Å²) in [7, 11) is 0. The molecule has 0 unspecified atom stereocenters. The minimum Gasteiger partial charge on any atom is -0.216 e. The van der Waals surface area contributed by atoms with Crippen LogP contribution in [0.2, 0.25) is 5.28 Å². The fraction of sp³-hybridized carbons (Fsp3) is 0.0769. The highest BCUT2D eigenvalue weighted by molar-refractivity contribution is 9.10. The normalized spacial score (nSPS) is 11.1. The number of aryl methyl sites for hydroxylation is 1. The summed E-state index contributed by atoms with van der Waals surface area (Å²) < 4.78 is 2.01. The lowest BCUT2D eigenvalue weighted by Gasteiger charge is -2.04. The summed E-state index contributed by atoms with van der Waals surface area (Å²) in [5.41, 5.74) is 4.03. The first-order valence-corrected chi connectivity index (χ1v) is 7.37. The summed E-state index contributed by atoms with van der Waals surface area (Å²) in [6.07, 6.45) is 0. The first-order valence-electron chi connectivity index (χ1n) is 5.32. The largest absolute Gasteiger partial charge is 0.223 e. The summed E-state index contributed by atoms with van der Waals surface area (Å²) in [4.78, 5) is 8.63. The Kier molecular flexibility index (Phi) is 3.09. The SMILES string of the molecule is Cc1cccc(-c2nc(Cl)nc3c(Br)csc23)c1. The van der Waals surface area contributed by atoms with Crippen molar-refractivity contribution in [1.29, 1.82) is 0 Å². The van der Waals surface area contributed by atoms with Gasteiger partial charge in [0.2, 0.25) is 5.28 Å². The van der Waals surface area contributed by atoms with Crippen molar-refractivity contribution in [3.05, 3.63) is 45.0 Å². The van der Waals surface area contributed by atoms with Crippen molar-refractivity contribution >= 4 is 49.1 Å². The second-order valence-electron chi connectivity index (χ2n) is 3.97. The van der Waals surface area contributed by atoms with Crippen molar-refractivity contribution in [2.45, 2.75) is 6.92 Å². The molecule has 90 valence electrons. The first kappa shape index (κ1) is 12.1. The van der Waals surface area contributed by atoms with Crippen LogP contribution >= 0.6 is 38.9 Å². The Balaban J connectivity index is 2.35. The van der Waals surface area contributed by atoms with Crippen LogP contribution in [0.4, 0.5) is 0 Å². The molecule has 2 nitrogen and oxygen atoms in total. The van der Waals surface area contributed by atoms with Crippen LogP contribution < -0.4 is 0 Å². The lowest BCUT2D eigenvalue weighted by Crippen LogP contribution is -1.89. The Labute approximate surface area is 122 Å². The molecule has 0 N–H and O–H groups in total. The van der Waals surface area contributed by atoms with Crippen LogP contribution in [0.15, 0.2) is 34.1 Å². The highest BCUT2D eigenvalue weighted by Gasteiger charge is 2.13. The van der Waals surface area contributed by atoms with Gasteiger partial charge in [0.1, 0.15) is 5.52 Å². The van der Waals surface area contributed by atoms with Gasteiger partial charge in [-0.25, -0.2) is 9.97 Å². The molecule has 1 aromatic carbocycles. The highest BCUT2D eigenvalue weighted by Crippen LogP contribution is 2.36. The quantitative estimate of drug-likeness (QED) is 0.578. The van der Waals surface area contributed by atoms with Gasteiger partial charge in [0.15, 0.2) is 0 Å². The second-order valence-corrected chi connectivity index (χ2v) is 6.04. The molecule has 0 aliphatic carbocycles. The third kappa shape index (κ3) is 2.05. The van der Waals surface area contributed by atoms with Gasteiger partial charge < -0.3 is 0 Å². The van der Waals surface area contributed by atoms with E-state index in [0.717, 1.165) is 25.9 Å². The van der Waals surface area contributed by atoms with Crippen molar-refractivity contribution in [2.75, 3.05) is 0 Å². The van der Waals surface area contributed by atoms with Gasteiger partial charge in [-0.05, 0) is 40.5 Å². The molecule has 0 fully saturated rings. The zero-order chi connectivity index (χ0) is 12.7. The Morgan fingerprint density at radius 3 is 2.89 bits per heavy atom. The molecule has 0 radical (unpaired) electrons. The molecule has 0 spiro atoms. The van der Waals surface area contributed by atoms with Crippen LogP contribution in [0.1, 0.15) is 5.56 Å². The van der Waals surface area contributed by atoms with E-state index in [0.29, 0.717) is 0 Å². The fourth-order valence-corrected chi connectivity index (χ4v) is 3.59. The van der Waals surface area contributed by atoms with Crippen molar-refractivity contribution in [3.8, 4) is 11.3 Å². The van der Waals surface area contributed by atoms with Gasteiger partial charge in [-0.1, -0.05) is 23.8 Å².